The minimum atomic E-state index is -1.18. The van der Waals surface area contributed by atoms with Crippen LogP contribution in [0.3, 0.4) is 0 Å². The van der Waals surface area contributed by atoms with E-state index in [1.54, 1.807) is 16.7 Å². The number of hydrogen-bond acceptors (Lipinski definition) is 0. The zero-order valence-electron chi connectivity index (χ0n) is 14.6. The molecule has 0 heterocycles. The van der Waals surface area contributed by atoms with Crippen LogP contribution in [0.5, 0.6) is 0 Å². The van der Waals surface area contributed by atoms with E-state index in [4.69, 9.17) is 0 Å². The zero-order valence-corrected chi connectivity index (χ0v) is 18.8. The van der Waals surface area contributed by atoms with Gasteiger partial charge in [0.05, 0.1) is 0 Å². The van der Waals surface area contributed by atoms with Crippen LogP contribution in [0.4, 0.5) is 0 Å². The molecule has 0 aromatic carbocycles. The minimum absolute atomic E-state index is 0. The van der Waals surface area contributed by atoms with Gasteiger partial charge >= 0.3 is 131 Å². The standard InChI is InChI=1S/C11H17.C5H5.C2H6Si.2ClH.Ti/c1-4-9-7-8-10(5-2)11(9)6-3;1-2-4-5-3-1;1-3-2;;;/h4-7H2,1-3H3;1-3H,4H2;1-2H3;2*1H;. The van der Waals surface area contributed by atoms with Gasteiger partial charge in [-0.25, -0.2) is 0 Å². The van der Waals surface area contributed by atoms with Crippen LogP contribution < -0.4 is 0 Å². The molecule has 4 heteroatoms. The molecule has 0 aromatic rings. The molecule has 22 heavy (non-hydrogen) atoms. The average molecular weight is 393 g/mol. The first kappa shape index (κ1) is 22.5. The summed E-state index contributed by atoms with van der Waals surface area (Å²) >= 11 is -1.18. The van der Waals surface area contributed by atoms with E-state index in [9.17, 15) is 0 Å². The van der Waals surface area contributed by atoms with Crippen molar-refractivity contribution < 1.29 is 16.6 Å². The topological polar surface area (TPSA) is 0 Å². The summed E-state index contributed by atoms with van der Waals surface area (Å²) in [5.41, 5.74) is 5.29. The number of allylic oxidation sites excluding steroid dienone is 8. The Bertz CT molecular complexity index is 562. The second kappa shape index (κ2) is 10.4. The largest absolute Gasteiger partial charge is 0.147 e. The first-order chi connectivity index (χ1) is 9.63. The van der Waals surface area contributed by atoms with Gasteiger partial charge in [-0.05, 0) is 0 Å². The molecule has 0 saturated carbocycles. The van der Waals surface area contributed by atoms with Crippen molar-refractivity contribution in [1.29, 1.82) is 0 Å². The Balaban J connectivity index is 0.00000220. The summed E-state index contributed by atoms with van der Waals surface area (Å²) < 4.78 is 3.80. The Morgan fingerprint density at radius 1 is 1.00 bits per heavy atom. The molecule has 0 radical (unpaired) electrons. The number of rotatable bonds is 5. The Labute approximate surface area is 155 Å². The Morgan fingerprint density at radius 3 is 2.05 bits per heavy atom. The molecule has 0 spiro atoms. The van der Waals surface area contributed by atoms with Crippen molar-refractivity contribution in [3.63, 3.8) is 0 Å². The van der Waals surface area contributed by atoms with Crippen LogP contribution in [0.15, 0.2) is 42.7 Å². The Kier molecular flexibility index (Phi) is 10.6. The molecule has 0 atom stereocenters. The van der Waals surface area contributed by atoms with Crippen molar-refractivity contribution in [2.75, 3.05) is 0 Å². The summed E-state index contributed by atoms with van der Waals surface area (Å²) in [6.45, 7) is 12.2. The van der Waals surface area contributed by atoms with E-state index in [0.717, 1.165) is 0 Å². The van der Waals surface area contributed by atoms with Gasteiger partial charge in [0, 0.05) is 0 Å². The van der Waals surface area contributed by atoms with Crippen molar-refractivity contribution in [3.8, 4) is 0 Å². The molecular formula is C18H30Cl2SiTi. The molecule has 0 N–H and O–H groups in total. The summed E-state index contributed by atoms with van der Waals surface area (Å²) in [6.07, 6.45) is 13.3. The summed E-state index contributed by atoms with van der Waals surface area (Å²) in [5.74, 6) is 0. The maximum absolute atomic E-state index is 2.56. The monoisotopic (exact) mass is 392 g/mol. The molecule has 0 unspecified atom stereocenters. The van der Waals surface area contributed by atoms with Gasteiger partial charge in [-0.2, -0.15) is 0 Å². The van der Waals surface area contributed by atoms with Crippen LogP contribution in [0.2, 0.25) is 13.1 Å². The average Bonchev–Trinajstić information content (AvgIpc) is 3.05. The molecule has 0 fully saturated rings. The van der Waals surface area contributed by atoms with Crippen molar-refractivity contribution in [2.24, 2.45) is 0 Å². The van der Waals surface area contributed by atoms with E-state index in [1.165, 1.54) is 32.1 Å². The fourth-order valence-corrected chi connectivity index (χ4v) is 15.7. The molecule has 2 aliphatic rings. The van der Waals surface area contributed by atoms with E-state index in [2.05, 4.69) is 52.1 Å². The molecule has 124 valence electrons. The van der Waals surface area contributed by atoms with E-state index >= 15 is 0 Å². The third kappa shape index (κ3) is 4.51. The summed E-state index contributed by atoms with van der Waals surface area (Å²) in [7, 11) is 0. The van der Waals surface area contributed by atoms with E-state index in [0.29, 0.717) is 0 Å². The predicted octanol–water partition coefficient (Wildman–Crippen LogP) is 6.73. The molecule has 0 amide bonds. The van der Waals surface area contributed by atoms with Gasteiger partial charge in [0.25, 0.3) is 0 Å². The molecule has 0 aromatic heterocycles. The van der Waals surface area contributed by atoms with Gasteiger partial charge in [-0.15, -0.1) is 24.8 Å². The summed E-state index contributed by atoms with van der Waals surface area (Å²) in [5, 5.41) is 0. The van der Waals surface area contributed by atoms with Crippen LogP contribution in [0.25, 0.3) is 0 Å². The van der Waals surface area contributed by atoms with Gasteiger partial charge in [-0.3, -0.25) is 0 Å². The molecular weight excluding hydrogens is 363 g/mol. The minimum Gasteiger partial charge on any atom is -0.147 e. The fraction of sp³-hybridized carbons (Fsp3) is 0.556. The number of hydrogen-bond donors (Lipinski definition) is 0. The normalized spacial score (nSPS) is 16.5. The predicted molar refractivity (Wildman–Crippen MR) is 103 cm³/mol. The van der Waals surface area contributed by atoms with Gasteiger partial charge in [0.15, 0.2) is 0 Å². The van der Waals surface area contributed by atoms with E-state index in [1.807, 2.05) is 7.76 Å². The third-order valence-electron chi connectivity index (χ3n) is 4.57. The first-order valence-electron chi connectivity index (χ1n) is 8.11. The van der Waals surface area contributed by atoms with Crippen LogP contribution in [0.1, 0.15) is 52.9 Å². The summed E-state index contributed by atoms with van der Waals surface area (Å²) in [6, 6.07) is 0. The van der Waals surface area contributed by atoms with Crippen LogP contribution in [-0.4, -0.2) is 6.19 Å². The second-order valence-corrected chi connectivity index (χ2v) is 17.8. The van der Waals surface area contributed by atoms with Gasteiger partial charge < -0.3 is 0 Å². The van der Waals surface area contributed by atoms with Crippen molar-refractivity contribution >= 4 is 31.0 Å². The maximum Gasteiger partial charge on any atom is -0.147 e. The molecule has 2 rings (SSSR count). The van der Waals surface area contributed by atoms with E-state index in [-0.39, 0.29) is 31.0 Å². The SMILES string of the molecule is CCC1=C(CC)C(CC)=[C]([Ti]([C]2=CC=CC2)=[Si](C)C)C1.Cl.Cl. The number of halogens is 2. The Morgan fingerprint density at radius 2 is 1.64 bits per heavy atom. The van der Waals surface area contributed by atoms with Gasteiger partial charge in [0.1, 0.15) is 0 Å². The van der Waals surface area contributed by atoms with Crippen molar-refractivity contribution in [1.82, 2.24) is 0 Å². The van der Waals surface area contributed by atoms with E-state index < -0.39 is 16.6 Å². The third-order valence-corrected chi connectivity index (χ3v) is 16.1. The van der Waals surface area contributed by atoms with Crippen LogP contribution in [0, 0.1) is 0 Å². The first-order valence-corrected chi connectivity index (χ1v) is 14.5. The maximum atomic E-state index is 2.56. The molecule has 0 aliphatic heterocycles. The summed E-state index contributed by atoms with van der Waals surface area (Å²) in [4.78, 5) is 0. The fourth-order valence-electron chi connectivity index (χ4n) is 3.74. The van der Waals surface area contributed by atoms with Crippen LogP contribution in [-0.2, 0) is 16.6 Å². The second-order valence-electron chi connectivity index (χ2n) is 5.98. The molecule has 0 saturated heterocycles. The Hall–Kier alpha value is 0.471. The smallest absolute Gasteiger partial charge is 0.147 e. The van der Waals surface area contributed by atoms with Crippen molar-refractivity contribution in [3.05, 3.63) is 42.7 Å². The zero-order chi connectivity index (χ0) is 14.7. The van der Waals surface area contributed by atoms with Gasteiger partial charge in [0.2, 0.25) is 0 Å². The molecule has 0 bridgehead atoms. The van der Waals surface area contributed by atoms with Crippen molar-refractivity contribution in [2.45, 2.75) is 66.0 Å². The molecule has 0 nitrogen and oxygen atoms in total. The quantitative estimate of drug-likeness (QED) is 0.455. The molecule has 2 aliphatic carbocycles. The van der Waals surface area contributed by atoms with Crippen LogP contribution >= 0.6 is 24.8 Å². The van der Waals surface area contributed by atoms with Gasteiger partial charge in [-0.1, -0.05) is 0 Å².